The van der Waals surface area contributed by atoms with E-state index in [1.165, 1.54) is 123 Å². The van der Waals surface area contributed by atoms with Crippen molar-refractivity contribution in [1.29, 1.82) is 0 Å². The van der Waals surface area contributed by atoms with Gasteiger partial charge in [0.05, 0.1) is 0 Å². The molecule has 1 heterocycles. The van der Waals surface area contributed by atoms with Gasteiger partial charge in [-0.1, -0.05) is 145 Å². The van der Waals surface area contributed by atoms with Crippen LogP contribution in [-0.4, -0.2) is 4.70 Å². The molecule has 0 spiro atoms. The molecule has 296 valence electrons. The average Bonchev–Trinajstić information content (AvgIpc) is 3.43. The number of rotatable bonds is 29. The lowest BCUT2D eigenvalue weighted by Gasteiger charge is -2.20. The van der Waals surface area contributed by atoms with Crippen molar-refractivity contribution in [2.24, 2.45) is 0 Å². The van der Waals surface area contributed by atoms with Crippen LogP contribution >= 0.6 is 0 Å². The molecule has 1 aliphatic heterocycles. The average molecular weight is 723 g/mol. The number of aryl methyl sites for hydroxylation is 4. The van der Waals surface area contributed by atoms with Gasteiger partial charge in [-0.2, -0.15) is 0 Å². The Morgan fingerprint density at radius 1 is 0.340 bits per heavy atom. The van der Waals surface area contributed by atoms with Gasteiger partial charge in [0.2, 0.25) is 11.4 Å². The molecular weight excluding hydrogens is 641 g/mol. The fourth-order valence-corrected chi connectivity index (χ4v) is 8.90. The highest BCUT2D eigenvalue weighted by Crippen LogP contribution is 2.46. The lowest BCUT2D eigenvalue weighted by atomic mass is 9.86. The number of nitrogens with zero attached hydrogens (tertiary/aromatic N) is 2. The molecule has 2 heteroatoms. The summed E-state index contributed by atoms with van der Waals surface area (Å²) in [5.74, 6) is 0. The lowest BCUT2D eigenvalue weighted by Crippen LogP contribution is -2.09. The van der Waals surface area contributed by atoms with Crippen molar-refractivity contribution < 1.29 is 4.70 Å². The fourth-order valence-electron chi connectivity index (χ4n) is 8.90. The van der Waals surface area contributed by atoms with Gasteiger partial charge in [0.15, 0.2) is 0 Å². The molecule has 0 saturated heterocycles. The molecule has 1 aliphatic rings. The Morgan fingerprint density at radius 3 is 1.04 bits per heavy atom. The van der Waals surface area contributed by atoms with E-state index in [0.717, 1.165) is 94.9 Å². The minimum atomic E-state index is 1.03. The van der Waals surface area contributed by atoms with Crippen LogP contribution in [0.4, 0.5) is 0 Å². The summed E-state index contributed by atoms with van der Waals surface area (Å²) in [7, 11) is 0. The summed E-state index contributed by atoms with van der Waals surface area (Å²) in [5, 5.41) is 0. The van der Waals surface area contributed by atoms with E-state index in [4.69, 9.17) is 0 Å². The molecule has 0 amide bonds. The third-order valence-corrected chi connectivity index (χ3v) is 11.8. The topological polar surface area (TPSA) is 25.3 Å². The van der Waals surface area contributed by atoms with Gasteiger partial charge in [-0.05, 0) is 141 Å². The first kappa shape index (κ1) is 44.9. The monoisotopic (exact) mass is 723 g/mol. The molecule has 0 fully saturated rings. The van der Waals surface area contributed by atoms with E-state index >= 15 is 0 Å². The van der Waals surface area contributed by atoms with Crippen LogP contribution in [0.3, 0.4) is 0 Å². The van der Waals surface area contributed by atoms with Crippen LogP contribution in [0.5, 0.6) is 0 Å². The van der Waals surface area contributed by atoms with Gasteiger partial charge < -0.3 is 5.53 Å². The van der Waals surface area contributed by atoms with Crippen molar-refractivity contribution in [3.05, 3.63) is 85.5 Å². The van der Waals surface area contributed by atoms with Crippen molar-refractivity contribution in [3.63, 3.8) is 0 Å². The van der Waals surface area contributed by atoms with E-state index in [1.54, 1.807) is 27.0 Å². The van der Waals surface area contributed by atoms with Gasteiger partial charge >= 0.3 is 0 Å². The Hall–Kier alpha value is -2.48. The molecule has 3 rings (SSSR count). The van der Waals surface area contributed by atoms with E-state index in [1.807, 2.05) is 0 Å². The second kappa shape index (κ2) is 25.6. The Labute approximate surface area is 329 Å². The van der Waals surface area contributed by atoms with Crippen LogP contribution in [0.2, 0.25) is 0 Å². The smallest absolute Gasteiger partial charge is 0.211 e. The second-order valence-electron chi connectivity index (χ2n) is 16.4. The van der Waals surface area contributed by atoms with Crippen LogP contribution < -0.4 is 0 Å². The summed E-state index contributed by atoms with van der Waals surface area (Å²) in [4.78, 5) is 0. The fraction of sp³-hybridized carbons (Fsp3) is 0.686. The highest BCUT2D eigenvalue weighted by atomic mass is 15.2. The van der Waals surface area contributed by atoms with Crippen LogP contribution in [0.1, 0.15) is 235 Å². The molecular formula is C51H82N2. The first-order chi connectivity index (χ1) is 25.9. The van der Waals surface area contributed by atoms with E-state index in [2.05, 4.69) is 79.7 Å². The molecule has 53 heavy (non-hydrogen) atoms. The standard InChI is InChI=1S/C51H82N2/c1-9-17-22-25-31-42-38-45(39-43(32-26-23-18-10-2)47(42)35-27-24-19-11-3)51-49(34-21-13-5)48(33-20-12-4)50(53(51)52)44-36-40(28-14-6)46(30-16-8)41(37-44)29-15-7/h36-39H,9-35H2,1-8H3. The zero-order valence-electron chi connectivity index (χ0n) is 36.3. The Balaban J connectivity index is 2.31. The van der Waals surface area contributed by atoms with Gasteiger partial charge in [0.1, 0.15) is 0 Å². The first-order valence-electron chi connectivity index (χ1n) is 23.2. The van der Waals surface area contributed by atoms with Crippen molar-refractivity contribution in [2.45, 2.75) is 229 Å². The minimum Gasteiger partial charge on any atom is -0.493 e. The molecule has 0 bridgehead atoms. The third-order valence-electron chi connectivity index (χ3n) is 11.8. The molecule has 0 N–H and O–H groups in total. The highest BCUT2D eigenvalue weighted by Gasteiger charge is 2.36. The molecule has 2 aromatic carbocycles. The number of unbranched alkanes of at least 4 members (excludes halogenated alkanes) is 11. The number of allylic oxidation sites excluding steroid dienone is 2. The molecule has 0 radical (unpaired) electrons. The van der Waals surface area contributed by atoms with Gasteiger partial charge in [0.25, 0.3) is 0 Å². The maximum atomic E-state index is 12.8. The Morgan fingerprint density at radius 2 is 0.679 bits per heavy atom. The zero-order chi connectivity index (χ0) is 38.4. The normalized spacial score (nSPS) is 13.3. The summed E-state index contributed by atoms with van der Waals surface area (Å²) < 4.78 is 1.70. The number of benzene rings is 2. The summed E-state index contributed by atoms with van der Waals surface area (Å²) in [6.45, 7) is 18.6. The molecule has 0 aromatic heterocycles. The van der Waals surface area contributed by atoms with Gasteiger partial charge in [-0.25, -0.2) is 4.70 Å². The maximum absolute atomic E-state index is 12.8. The molecule has 0 saturated carbocycles. The van der Waals surface area contributed by atoms with E-state index in [-0.39, 0.29) is 0 Å². The largest absolute Gasteiger partial charge is 0.493 e. The quantitative estimate of drug-likeness (QED) is 0.0590. The molecule has 0 unspecified atom stereocenters. The minimum absolute atomic E-state index is 1.03. The Kier molecular flexibility index (Phi) is 21.7. The van der Waals surface area contributed by atoms with Crippen LogP contribution in [0.15, 0.2) is 35.4 Å². The van der Waals surface area contributed by atoms with Crippen LogP contribution in [0, 0.1) is 0 Å². The maximum Gasteiger partial charge on any atom is 0.211 e. The van der Waals surface area contributed by atoms with Gasteiger partial charge in [0, 0.05) is 22.3 Å². The summed E-state index contributed by atoms with van der Waals surface area (Å²) >= 11 is 0. The van der Waals surface area contributed by atoms with Crippen molar-refractivity contribution in [1.82, 2.24) is 0 Å². The van der Waals surface area contributed by atoms with Crippen LogP contribution in [0.25, 0.3) is 16.9 Å². The summed E-state index contributed by atoms with van der Waals surface area (Å²) in [6.07, 6.45) is 32.5. The first-order valence-corrected chi connectivity index (χ1v) is 23.2. The van der Waals surface area contributed by atoms with Gasteiger partial charge in [-0.3, -0.25) is 0 Å². The predicted molar refractivity (Wildman–Crippen MR) is 235 cm³/mol. The van der Waals surface area contributed by atoms with Crippen LogP contribution in [-0.2, 0) is 38.5 Å². The van der Waals surface area contributed by atoms with E-state index < -0.39 is 0 Å². The van der Waals surface area contributed by atoms with Crippen molar-refractivity contribution in [3.8, 4) is 0 Å². The zero-order valence-corrected chi connectivity index (χ0v) is 36.3. The second-order valence-corrected chi connectivity index (χ2v) is 16.4. The molecule has 2 nitrogen and oxygen atoms in total. The van der Waals surface area contributed by atoms with Crippen molar-refractivity contribution in [2.75, 3.05) is 0 Å². The van der Waals surface area contributed by atoms with Gasteiger partial charge in [-0.15, -0.1) is 0 Å². The predicted octanol–water partition coefficient (Wildman–Crippen LogP) is 16.5. The lowest BCUT2D eigenvalue weighted by molar-refractivity contribution is -0.345. The SMILES string of the molecule is CCCCCCc1cc(C2=C(CCCC)C(CCCC)=C(c3cc(CCC)c(CCC)c(CCC)c3)[N+]2=[N-])cc(CCCCCC)c1CCCCCC. The number of hydrogen-bond donors (Lipinski definition) is 0. The van der Waals surface area contributed by atoms with E-state index in [0.29, 0.717) is 0 Å². The molecule has 0 aliphatic carbocycles. The van der Waals surface area contributed by atoms with Crippen molar-refractivity contribution >= 4 is 11.4 Å². The van der Waals surface area contributed by atoms with E-state index in [9.17, 15) is 5.53 Å². The summed E-state index contributed by atoms with van der Waals surface area (Å²) in [5.41, 5.74) is 29.6. The summed E-state index contributed by atoms with van der Waals surface area (Å²) in [6, 6.07) is 10.1. The third kappa shape index (κ3) is 13.1. The molecule has 2 aromatic rings. The Bertz CT molecular complexity index is 1390. The highest BCUT2D eigenvalue weighted by molar-refractivity contribution is 5.83. The number of hydrogen-bond acceptors (Lipinski definition) is 0. The molecule has 0 atom stereocenters.